The van der Waals surface area contributed by atoms with Gasteiger partial charge in [-0.25, -0.2) is 0 Å². The first-order valence-electron chi connectivity index (χ1n) is 20.4. The van der Waals surface area contributed by atoms with Gasteiger partial charge in [-0.3, -0.25) is 0 Å². The molecule has 13 rings (SSSR count). The first-order valence-corrected chi connectivity index (χ1v) is 21.2. The van der Waals surface area contributed by atoms with Crippen molar-refractivity contribution >= 4 is 107 Å². The number of hydrogen-bond donors (Lipinski definition) is 0. The predicted molar refractivity (Wildman–Crippen MR) is 258 cm³/mol. The summed E-state index contributed by atoms with van der Waals surface area (Å²) in [5.74, 6) is 0. The molecule has 0 nitrogen and oxygen atoms in total. The summed E-state index contributed by atoms with van der Waals surface area (Å²) in [4.78, 5) is 0. The lowest BCUT2D eigenvalue weighted by molar-refractivity contribution is 1.62. The van der Waals surface area contributed by atoms with Gasteiger partial charge in [0.15, 0.2) is 0 Å². The predicted octanol–water partition coefficient (Wildman–Crippen LogP) is 17.1. The standard InChI is InChI=1S/C58H34S/c1-4-12-45-37(9-1)25-28-52-53-30-29-50-47-14-6-8-16-49(47)55-33-41(26-27-51(55)56(50)58(53)59-57(45)52)36-19-17-35(18-20-36)38-21-22-40-32-43(24-23-39(40)31-38)54-34-42-10-2-3-11-44(42)46-13-5-7-15-48(46)54/h1-34H. The van der Waals surface area contributed by atoms with Crippen molar-refractivity contribution in [2.45, 2.75) is 0 Å². The molecule has 12 aromatic carbocycles. The number of hydrogen-bond acceptors (Lipinski definition) is 1. The Bertz CT molecular complexity index is 3890. The molecule has 0 radical (unpaired) electrons. The van der Waals surface area contributed by atoms with Crippen molar-refractivity contribution in [1.29, 1.82) is 0 Å². The van der Waals surface area contributed by atoms with Crippen LogP contribution in [-0.4, -0.2) is 0 Å². The summed E-state index contributed by atoms with van der Waals surface area (Å²) in [5, 5.41) is 20.9. The molecule has 59 heavy (non-hydrogen) atoms. The molecule has 0 saturated heterocycles. The van der Waals surface area contributed by atoms with E-state index in [1.807, 2.05) is 11.3 Å². The fourth-order valence-electron chi connectivity index (χ4n) is 9.92. The van der Waals surface area contributed by atoms with Crippen LogP contribution in [0.1, 0.15) is 0 Å². The van der Waals surface area contributed by atoms with E-state index in [2.05, 4.69) is 206 Å². The molecule has 0 fully saturated rings. The summed E-state index contributed by atoms with van der Waals surface area (Å²) in [6.45, 7) is 0. The highest BCUT2D eigenvalue weighted by Crippen LogP contribution is 2.47. The zero-order chi connectivity index (χ0) is 38.6. The van der Waals surface area contributed by atoms with Gasteiger partial charge in [0.25, 0.3) is 0 Å². The lowest BCUT2D eigenvalue weighted by atomic mass is 9.90. The maximum absolute atomic E-state index is 2.42. The van der Waals surface area contributed by atoms with Crippen LogP contribution in [0.5, 0.6) is 0 Å². The second-order valence-electron chi connectivity index (χ2n) is 16.0. The molecule has 0 unspecified atom stereocenters. The van der Waals surface area contributed by atoms with Crippen molar-refractivity contribution in [3.8, 4) is 33.4 Å². The molecule has 0 aliphatic rings. The van der Waals surface area contributed by atoms with Crippen LogP contribution in [0, 0.1) is 0 Å². The number of fused-ring (bicyclic) bond motifs is 16. The van der Waals surface area contributed by atoms with E-state index in [4.69, 9.17) is 0 Å². The largest absolute Gasteiger partial charge is 0.134 e. The maximum Gasteiger partial charge on any atom is 0.0440 e. The summed E-state index contributed by atoms with van der Waals surface area (Å²) < 4.78 is 2.74. The van der Waals surface area contributed by atoms with Crippen LogP contribution in [0.25, 0.3) is 129 Å². The Kier molecular flexibility index (Phi) is 6.98. The van der Waals surface area contributed by atoms with Gasteiger partial charge in [-0.05, 0) is 128 Å². The first-order chi connectivity index (χ1) is 29.2. The lowest BCUT2D eigenvalue weighted by Gasteiger charge is -2.13. The minimum absolute atomic E-state index is 1.22. The fourth-order valence-corrected chi connectivity index (χ4v) is 11.3. The molecule has 0 atom stereocenters. The van der Waals surface area contributed by atoms with Crippen LogP contribution in [0.2, 0.25) is 0 Å². The van der Waals surface area contributed by atoms with Gasteiger partial charge in [0.05, 0.1) is 0 Å². The minimum Gasteiger partial charge on any atom is -0.134 e. The molecule has 0 bridgehead atoms. The molecule has 1 heteroatoms. The van der Waals surface area contributed by atoms with Crippen molar-refractivity contribution in [2.75, 3.05) is 0 Å². The van der Waals surface area contributed by atoms with Gasteiger partial charge in [0.1, 0.15) is 0 Å². The highest BCUT2D eigenvalue weighted by atomic mass is 32.1. The van der Waals surface area contributed by atoms with E-state index in [1.54, 1.807) is 0 Å². The SMILES string of the molecule is c1ccc2c(c1)cc(-c1ccc3cc(-c4ccc(-c5ccc6c(c5)c5ccccc5c5ccc7c8ccc9ccccc9c8sc7c56)cc4)ccc3c1)c1ccccc12. The summed E-state index contributed by atoms with van der Waals surface area (Å²) in [5.41, 5.74) is 7.42. The van der Waals surface area contributed by atoms with E-state index in [1.165, 1.54) is 129 Å². The Morgan fingerprint density at radius 3 is 1.44 bits per heavy atom. The second kappa shape index (κ2) is 12.6. The van der Waals surface area contributed by atoms with Crippen LogP contribution in [0.3, 0.4) is 0 Å². The molecule has 0 aliphatic heterocycles. The molecule has 0 amide bonds. The van der Waals surface area contributed by atoms with Crippen LogP contribution < -0.4 is 0 Å². The zero-order valence-electron chi connectivity index (χ0n) is 32.0. The van der Waals surface area contributed by atoms with Gasteiger partial charge in [-0.15, -0.1) is 11.3 Å². The van der Waals surface area contributed by atoms with E-state index in [0.717, 1.165) is 0 Å². The molecule has 13 aromatic rings. The summed E-state index contributed by atoms with van der Waals surface area (Å²) in [6.07, 6.45) is 0. The summed E-state index contributed by atoms with van der Waals surface area (Å²) in [6, 6.07) is 76.9. The first kappa shape index (κ1) is 32.7. The van der Waals surface area contributed by atoms with Crippen LogP contribution >= 0.6 is 11.3 Å². The average Bonchev–Trinajstić information content (AvgIpc) is 3.70. The highest BCUT2D eigenvalue weighted by Gasteiger charge is 2.17. The van der Waals surface area contributed by atoms with Gasteiger partial charge < -0.3 is 0 Å². The third-order valence-electron chi connectivity index (χ3n) is 12.8. The topological polar surface area (TPSA) is 0 Å². The van der Waals surface area contributed by atoms with Gasteiger partial charge in [-0.1, -0.05) is 182 Å². The number of rotatable bonds is 3. The van der Waals surface area contributed by atoms with Crippen LogP contribution in [0.15, 0.2) is 206 Å². The molecule has 272 valence electrons. The maximum atomic E-state index is 2.42. The van der Waals surface area contributed by atoms with Crippen molar-refractivity contribution < 1.29 is 0 Å². The molecular formula is C58H34S. The Morgan fingerprint density at radius 2 is 0.678 bits per heavy atom. The van der Waals surface area contributed by atoms with Crippen molar-refractivity contribution in [2.24, 2.45) is 0 Å². The Labute approximate surface area is 344 Å². The van der Waals surface area contributed by atoms with E-state index in [9.17, 15) is 0 Å². The van der Waals surface area contributed by atoms with Crippen molar-refractivity contribution in [3.05, 3.63) is 206 Å². The molecule has 0 aliphatic carbocycles. The smallest absolute Gasteiger partial charge is 0.0440 e. The van der Waals surface area contributed by atoms with E-state index >= 15 is 0 Å². The normalized spacial score (nSPS) is 12.1. The Hall–Kier alpha value is -7.32. The van der Waals surface area contributed by atoms with E-state index < -0.39 is 0 Å². The monoisotopic (exact) mass is 762 g/mol. The molecular weight excluding hydrogens is 729 g/mol. The Balaban J connectivity index is 0.891. The van der Waals surface area contributed by atoms with Crippen LogP contribution in [0.4, 0.5) is 0 Å². The quantitative estimate of drug-likeness (QED) is 0.157. The van der Waals surface area contributed by atoms with Gasteiger partial charge >= 0.3 is 0 Å². The third kappa shape index (κ3) is 4.96. The van der Waals surface area contributed by atoms with Crippen molar-refractivity contribution in [3.63, 3.8) is 0 Å². The number of benzene rings is 12. The number of thiophene rings is 1. The van der Waals surface area contributed by atoms with E-state index in [-0.39, 0.29) is 0 Å². The molecule has 0 N–H and O–H groups in total. The van der Waals surface area contributed by atoms with Crippen LogP contribution in [-0.2, 0) is 0 Å². The molecule has 0 spiro atoms. The second-order valence-corrected chi connectivity index (χ2v) is 17.0. The Morgan fingerprint density at radius 1 is 0.220 bits per heavy atom. The third-order valence-corrected chi connectivity index (χ3v) is 14.1. The highest BCUT2D eigenvalue weighted by molar-refractivity contribution is 7.27. The van der Waals surface area contributed by atoms with Crippen molar-refractivity contribution in [1.82, 2.24) is 0 Å². The van der Waals surface area contributed by atoms with E-state index in [0.29, 0.717) is 0 Å². The molecule has 1 aromatic heterocycles. The zero-order valence-corrected chi connectivity index (χ0v) is 32.9. The molecule has 1 heterocycles. The molecule has 0 saturated carbocycles. The van der Waals surface area contributed by atoms with Gasteiger partial charge in [-0.2, -0.15) is 0 Å². The van der Waals surface area contributed by atoms with Gasteiger partial charge in [0.2, 0.25) is 0 Å². The minimum atomic E-state index is 1.22. The fraction of sp³-hybridized carbons (Fsp3) is 0. The summed E-state index contributed by atoms with van der Waals surface area (Å²) >= 11 is 1.94. The summed E-state index contributed by atoms with van der Waals surface area (Å²) in [7, 11) is 0. The average molecular weight is 763 g/mol. The van der Waals surface area contributed by atoms with Gasteiger partial charge in [0, 0.05) is 25.6 Å². The lowest BCUT2D eigenvalue weighted by Crippen LogP contribution is -1.86.